The number of ether oxygens (including phenoxy) is 1. The van der Waals surface area contributed by atoms with E-state index in [9.17, 15) is 9.90 Å². The summed E-state index contributed by atoms with van der Waals surface area (Å²) in [6, 6.07) is 0. The van der Waals surface area contributed by atoms with Crippen LogP contribution in [0.3, 0.4) is 0 Å². The van der Waals surface area contributed by atoms with E-state index in [1.54, 1.807) is 18.2 Å². The Morgan fingerprint density at radius 1 is 1.18 bits per heavy atom. The predicted molar refractivity (Wildman–Crippen MR) is 89.8 cm³/mol. The number of rotatable bonds is 9. The van der Waals surface area contributed by atoms with Crippen molar-refractivity contribution in [3.63, 3.8) is 0 Å². The smallest absolute Gasteiger partial charge is 0.302 e. The Kier molecular flexibility index (Phi) is 14.0. The van der Waals surface area contributed by atoms with E-state index in [2.05, 4.69) is 30.6 Å². The summed E-state index contributed by atoms with van der Waals surface area (Å²) < 4.78 is 4.69. The summed E-state index contributed by atoms with van der Waals surface area (Å²) in [6.07, 6.45) is 13.3. The molecule has 1 unspecified atom stereocenters. The highest BCUT2D eigenvalue weighted by Crippen LogP contribution is 2.05. The van der Waals surface area contributed by atoms with E-state index >= 15 is 0 Å². The molecule has 3 heteroatoms. The average molecular weight is 302 g/mol. The van der Waals surface area contributed by atoms with Crippen LogP contribution in [0, 0.1) is 23.7 Å². The molecule has 0 spiro atoms. The summed E-state index contributed by atoms with van der Waals surface area (Å²) in [5.74, 6) is 10.2. The highest BCUT2D eigenvalue weighted by atomic mass is 16.5. The van der Waals surface area contributed by atoms with Gasteiger partial charge in [-0.15, -0.1) is 0 Å². The zero-order valence-electron chi connectivity index (χ0n) is 13.6. The van der Waals surface area contributed by atoms with Crippen molar-refractivity contribution in [2.45, 2.75) is 58.5 Å². The maximum Gasteiger partial charge on any atom is 0.302 e. The molecular formula is C19H26O3. The number of aliphatic hydroxyl groups is 1. The first-order chi connectivity index (χ1) is 10.7. The average Bonchev–Trinajstić information content (AvgIpc) is 2.48. The lowest BCUT2D eigenvalue weighted by Crippen LogP contribution is -1.97. The molecule has 0 saturated carbocycles. The van der Waals surface area contributed by atoms with Crippen LogP contribution in [0.2, 0.25) is 0 Å². The van der Waals surface area contributed by atoms with Gasteiger partial charge in [-0.2, -0.15) is 0 Å². The summed E-state index contributed by atoms with van der Waals surface area (Å²) >= 11 is 0. The predicted octanol–water partition coefficient (Wildman–Crippen LogP) is 3.39. The Morgan fingerprint density at radius 3 is 2.68 bits per heavy atom. The van der Waals surface area contributed by atoms with Crippen LogP contribution in [0.15, 0.2) is 24.3 Å². The Balaban J connectivity index is 3.79. The highest BCUT2D eigenvalue weighted by Gasteiger charge is 1.90. The number of carbonyl (C=O) groups excluding carboxylic acids is 1. The van der Waals surface area contributed by atoms with E-state index in [4.69, 9.17) is 4.74 Å². The minimum Gasteiger partial charge on any atom is -0.462 e. The van der Waals surface area contributed by atoms with Crippen molar-refractivity contribution in [2.75, 3.05) is 6.61 Å². The molecule has 0 rings (SSSR count). The third-order valence-electron chi connectivity index (χ3n) is 2.73. The van der Waals surface area contributed by atoms with Crippen molar-refractivity contribution in [3.05, 3.63) is 24.3 Å². The second-order valence-electron chi connectivity index (χ2n) is 4.82. The summed E-state index contributed by atoms with van der Waals surface area (Å²) in [5.41, 5.74) is 0. The third-order valence-corrected chi connectivity index (χ3v) is 2.73. The van der Waals surface area contributed by atoms with Gasteiger partial charge in [-0.3, -0.25) is 4.79 Å². The van der Waals surface area contributed by atoms with Gasteiger partial charge in [0.05, 0.1) is 0 Å². The molecule has 0 aromatic heterocycles. The number of aliphatic hydroxyl groups excluding tert-OH is 1. The standard InChI is InChI=1S/C19H26O3/c1-3-4-5-6-7-9-12-15-19(21)16-13-10-8-11-14-17-22-18(2)20/h11-12,14-15,19,21H,3-7,9,17H2,1-2H3. The monoisotopic (exact) mass is 302 g/mol. The van der Waals surface area contributed by atoms with Gasteiger partial charge in [0, 0.05) is 6.92 Å². The van der Waals surface area contributed by atoms with Crippen LogP contribution in [0.1, 0.15) is 52.4 Å². The zero-order valence-corrected chi connectivity index (χ0v) is 13.6. The number of hydrogen-bond donors (Lipinski definition) is 1. The second-order valence-corrected chi connectivity index (χ2v) is 4.82. The number of unbranched alkanes of at least 4 members (excludes halogenated alkanes) is 5. The van der Waals surface area contributed by atoms with Crippen LogP contribution < -0.4 is 0 Å². The van der Waals surface area contributed by atoms with Crippen molar-refractivity contribution in [1.82, 2.24) is 0 Å². The molecule has 0 radical (unpaired) electrons. The number of carbonyl (C=O) groups is 1. The number of allylic oxidation sites excluding steroid dienone is 2. The van der Waals surface area contributed by atoms with Gasteiger partial charge in [-0.1, -0.05) is 50.5 Å². The van der Waals surface area contributed by atoms with E-state index in [0.717, 1.165) is 12.8 Å². The van der Waals surface area contributed by atoms with Gasteiger partial charge in [0.15, 0.2) is 0 Å². The van der Waals surface area contributed by atoms with E-state index in [0.29, 0.717) is 0 Å². The molecule has 0 aromatic rings. The maximum atomic E-state index is 10.5. The molecular weight excluding hydrogens is 276 g/mol. The van der Waals surface area contributed by atoms with Crippen LogP contribution in [-0.2, 0) is 9.53 Å². The minimum absolute atomic E-state index is 0.209. The molecule has 0 aliphatic carbocycles. The van der Waals surface area contributed by atoms with Gasteiger partial charge < -0.3 is 9.84 Å². The Hall–Kier alpha value is -1.97. The normalized spacial score (nSPS) is 11.6. The Labute approximate surface area is 134 Å². The van der Waals surface area contributed by atoms with E-state index in [1.807, 2.05) is 6.08 Å². The van der Waals surface area contributed by atoms with Crippen LogP contribution in [0.5, 0.6) is 0 Å². The number of hydrogen-bond acceptors (Lipinski definition) is 3. The van der Waals surface area contributed by atoms with Crippen LogP contribution in [-0.4, -0.2) is 23.8 Å². The first kappa shape index (κ1) is 20.0. The lowest BCUT2D eigenvalue weighted by atomic mass is 10.1. The van der Waals surface area contributed by atoms with Gasteiger partial charge in [-0.25, -0.2) is 0 Å². The van der Waals surface area contributed by atoms with E-state index in [1.165, 1.54) is 32.6 Å². The van der Waals surface area contributed by atoms with Crippen LogP contribution >= 0.6 is 0 Å². The van der Waals surface area contributed by atoms with Crippen LogP contribution in [0.4, 0.5) is 0 Å². The van der Waals surface area contributed by atoms with Gasteiger partial charge in [0.2, 0.25) is 0 Å². The molecule has 0 bridgehead atoms. The minimum atomic E-state index is -0.769. The summed E-state index contributed by atoms with van der Waals surface area (Å²) in [7, 11) is 0. The van der Waals surface area contributed by atoms with Crippen molar-refractivity contribution < 1.29 is 14.6 Å². The molecule has 0 saturated heterocycles. The summed E-state index contributed by atoms with van der Waals surface area (Å²) in [4.78, 5) is 10.5. The summed E-state index contributed by atoms with van der Waals surface area (Å²) in [5, 5.41) is 9.59. The SMILES string of the molecule is CCCCCCCC=CC(O)C#CC#CC=CCOC(C)=O. The molecule has 22 heavy (non-hydrogen) atoms. The molecule has 1 N–H and O–H groups in total. The van der Waals surface area contributed by atoms with Gasteiger partial charge in [0.25, 0.3) is 0 Å². The van der Waals surface area contributed by atoms with Gasteiger partial charge in [-0.05, 0) is 42.9 Å². The van der Waals surface area contributed by atoms with Gasteiger partial charge in [0.1, 0.15) is 12.7 Å². The maximum absolute atomic E-state index is 10.5. The molecule has 0 amide bonds. The lowest BCUT2D eigenvalue weighted by molar-refractivity contribution is -0.139. The first-order valence-corrected chi connectivity index (χ1v) is 7.81. The highest BCUT2D eigenvalue weighted by molar-refractivity contribution is 5.66. The topological polar surface area (TPSA) is 46.5 Å². The summed E-state index contributed by atoms with van der Waals surface area (Å²) in [6.45, 7) is 3.76. The quantitative estimate of drug-likeness (QED) is 0.307. The van der Waals surface area contributed by atoms with Crippen molar-refractivity contribution >= 4 is 5.97 Å². The van der Waals surface area contributed by atoms with Crippen LogP contribution in [0.25, 0.3) is 0 Å². The molecule has 0 heterocycles. The molecule has 0 aliphatic heterocycles. The van der Waals surface area contributed by atoms with Gasteiger partial charge >= 0.3 is 5.97 Å². The fraction of sp³-hybridized carbons (Fsp3) is 0.526. The molecule has 120 valence electrons. The lowest BCUT2D eigenvalue weighted by Gasteiger charge is -1.96. The fourth-order valence-electron chi connectivity index (χ4n) is 1.60. The van der Waals surface area contributed by atoms with Crippen molar-refractivity contribution in [3.8, 4) is 23.7 Å². The van der Waals surface area contributed by atoms with E-state index < -0.39 is 6.10 Å². The molecule has 0 aromatic carbocycles. The molecule has 0 fully saturated rings. The molecule has 3 nitrogen and oxygen atoms in total. The largest absolute Gasteiger partial charge is 0.462 e. The van der Waals surface area contributed by atoms with Crippen molar-refractivity contribution in [2.24, 2.45) is 0 Å². The third kappa shape index (κ3) is 16.1. The van der Waals surface area contributed by atoms with Crippen molar-refractivity contribution in [1.29, 1.82) is 0 Å². The van der Waals surface area contributed by atoms with E-state index in [-0.39, 0.29) is 12.6 Å². The Morgan fingerprint density at radius 2 is 1.95 bits per heavy atom. The number of esters is 1. The Bertz CT molecular complexity index is 466. The fourth-order valence-corrected chi connectivity index (χ4v) is 1.60. The zero-order chi connectivity index (χ0) is 16.5. The molecule has 0 aliphatic rings. The first-order valence-electron chi connectivity index (χ1n) is 7.81. The molecule has 1 atom stereocenters. The second kappa shape index (κ2) is 15.4.